The van der Waals surface area contributed by atoms with E-state index < -0.39 is 0 Å². The van der Waals surface area contributed by atoms with Crippen LogP contribution >= 0.6 is 0 Å². The van der Waals surface area contributed by atoms with E-state index in [2.05, 4.69) is 18.3 Å². The SMILES string of the molecule is CCCCNc1ccc(C#N)c(C)c1. The van der Waals surface area contributed by atoms with Crippen LogP contribution in [0.1, 0.15) is 30.9 Å². The molecule has 0 amide bonds. The Labute approximate surface area is 85.6 Å². The van der Waals surface area contributed by atoms with E-state index in [1.807, 2.05) is 25.1 Å². The Balaban J connectivity index is 2.63. The summed E-state index contributed by atoms with van der Waals surface area (Å²) in [5.74, 6) is 0. The normalized spacial score (nSPS) is 9.50. The lowest BCUT2D eigenvalue weighted by atomic mass is 10.1. The molecule has 0 aromatic heterocycles. The van der Waals surface area contributed by atoms with E-state index in [1.165, 1.54) is 12.8 Å². The van der Waals surface area contributed by atoms with Crippen LogP contribution in [0.3, 0.4) is 0 Å². The Bertz CT molecular complexity index is 337. The highest BCUT2D eigenvalue weighted by molar-refractivity contribution is 5.51. The van der Waals surface area contributed by atoms with Gasteiger partial charge in [0, 0.05) is 12.2 Å². The maximum absolute atomic E-state index is 8.75. The molecule has 2 heteroatoms. The fraction of sp³-hybridized carbons (Fsp3) is 0.417. The van der Waals surface area contributed by atoms with Gasteiger partial charge >= 0.3 is 0 Å². The van der Waals surface area contributed by atoms with Crippen molar-refractivity contribution in [1.82, 2.24) is 0 Å². The molecule has 0 unspecified atom stereocenters. The highest BCUT2D eigenvalue weighted by atomic mass is 14.9. The molecule has 2 nitrogen and oxygen atoms in total. The monoisotopic (exact) mass is 188 g/mol. The molecular weight excluding hydrogens is 172 g/mol. The first-order valence-corrected chi connectivity index (χ1v) is 5.02. The Kier molecular flexibility index (Phi) is 4.00. The average molecular weight is 188 g/mol. The van der Waals surface area contributed by atoms with Crippen molar-refractivity contribution in [2.24, 2.45) is 0 Å². The van der Waals surface area contributed by atoms with Gasteiger partial charge in [-0.3, -0.25) is 0 Å². The van der Waals surface area contributed by atoms with Crippen molar-refractivity contribution < 1.29 is 0 Å². The Morgan fingerprint density at radius 3 is 2.79 bits per heavy atom. The average Bonchev–Trinajstić information content (AvgIpc) is 2.18. The minimum absolute atomic E-state index is 0.756. The van der Waals surface area contributed by atoms with E-state index in [-0.39, 0.29) is 0 Å². The Morgan fingerprint density at radius 2 is 2.21 bits per heavy atom. The molecule has 1 N–H and O–H groups in total. The van der Waals surface area contributed by atoms with Gasteiger partial charge < -0.3 is 5.32 Å². The topological polar surface area (TPSA) is 35.8 Å². The summed E-state index contributed by atoms with van der Waals surface area (Å²) in [5.41, 5.74) is 2.90. The number of nitrogens with zero attached hydrogens (tertiary/aromatic N) is 1. The second-order valence-electron chi connectivity index (χ2n) is 3.42. The number of rotatable bonds is 4. The fourth-order valence-electron chi connectivity index (χ4n) is 1.31. The van der Waals surface area contributed by atoms with Crippen molar-refractivity contribution in [3.8, 4) is 6.07 Å². The molecule has 0 aliphatic rings. The highest BCUT2D eigenvalue weighted by Gasteiger charge is 1.97. The van der Waals surface area contributed by atoms with Crippen LogP contribution in [-0.4, -0.2) is 6.54 Å². The van der Waals surface area contributed by atoms with E-state index in [0.29, 0.717) is 0 Å². The molecule has 74 valence electrons. The van der Waals surface area contributed by atoms with Crippen LogP contribution in [0.4, 0.5) is 5.69 Å². The van der Waals surface area contributed by atoms with E-state index in [1.54, 1.807) is 0 Å². The molecule has 0 atom stereocenters. The smallest absolute Gasteiger partial charge is 0.0994 e. The van der Waals surface area contributed by atoms with Gasteiger partial charge in [-0.05, 0) is 37.1 Å². The summed E-state index contributed by atoms with van der Waals surface area (Å²) >= 11 is 0. The van der Waals surface area contributed by atoms with E-state index in [0.717, 1.165) is 23.4 Å². The number of hydrogen-bond acceptors (Lipinski definition) is 2. The van der Waals surface area contributed by atoms with Crippen molar-refractivity contribution in [3.63, 3.8) is 0 Å². The van der Waals surface area contributed by atoms with Crippen molar-refractivity contribution in [2.75, 3.05) is 11.9 Å². The third-order valence-electron chi connectivity index (χ3n) is 2.21. The first kappa shape index (κ1) is 10.6. The summed E-state index contributed by atoms with van der Waals surface area (Å²) in [4.78, 5) is 0. The van der Waals surface area contributed by atoms with Gasteiger partial charge in [0.05, 0.1) is 11.6 Å². The van der Waals surface area contributed by atoms with Gasteiger partial charge in [-0.1, -0.05) is 13.3 Å². The number of aryl methyl sites for hydroxylation is 1. The molecule has 0 aliphatic carbocycles. The van der Waals surface area contributed by atoms with Crippen LogP contribution in [0.2, 0.25) is 0 Å². The van der Waals surface area contributed by atoms with Crippen molar-refractivity contribution >= 4 is 5.69 Å². The minimum atomic E-state index is 0.756. The van der Waals surface area contributed by atoms with Gasteiger partial charge in [0.25, 0.3) is 0 Å². The summed E-state index contributed by atoms with van der Waals surface area (Å²) in [6.07, 6.45) is 2.38. The fourth-order valence-corrected chi connectivity index (χ4v) is 1.31. The molecule has 0 heterocycles. The van der Waals surface area contributed by atoms with Crippen LogP contribution in [0.25, 0.3) is 0 Å². The van der Waals surface area contributed by atoms with E-state index in [4.69, 9.17) is 5.26 Å². The minimum Gasteiger partial charge on any atom is -0.385 e. The van der Waals surface area contributed by atoms with Gasteiger partial charge in [-0.25, -0.2) is 0 Å². The maximum Gasteiger partial charge on any atom is 0.0994 e. The lowest BCUT2D eigenvalue weighted by molar-refractivity contribution is 0.834. The standard InChI is InChI=1S/C12H16N2/c1-3-4-7-14-12-6-5-11(9-13)10(2)8-12/h5-6,8,14H,3-4,7H2,1-2H3. The van der Waals surface area contributed by atoms with Crippen LogP contribution < -0.4 is 5.32 Å². The third-order valence-corrected chi connectivity index (χ3v) is 2.21. The molecule has 14 heavy (non-hydrogen) atoms. The van der Waals surface area contributed by atoms with Crippen molar-refractivity contribution in [2.45, 2.75) is 26.7 Å². The summed E-state index contributed by atoms with van der Waals surface area (Å²) in [6, 6.07) is 8.01. The van der Waals surface area contributed by atoms with Crippen LogP contribution in [-0.2, 0) is 0 Å². The van der Waals surface area contributed by atoms with Crippen molar-refractivity contribution in [3.05, 3.63) is 29.3 Å². The zero-order chi connectivity index (χ0) is 10.4. The number of hydrogen-bond donors (Lipinski definition) is 1. The van der Waals surface area contributed by atoms with Gasteiger partial charge in [0.1, 0.15) is 0 Å². The Hall–Kier alpha value is -1.49. The number of unbranched alkanes of at least 4 members (excludes halogenated alkanes) is 1. The van der Waals surface area contributed by atoms with Crippen molar-refractivity contribution in [1.29, 1.82) is 5.26 Å². The van der Waals surface area contributed by atoms with Gasteiger partial charge in [0.15, 0.2) is 0 Å². The molecule has 1 aromatic carbocycles. The molecule has 0 spiro atoms. The number of nitriles is 1. The quantitative estimate of drug-likeness (QED) is 0.737. The predicted octanol–water partition coefficient (Wildman–Crippen LogP) is 3.08. The zero-order valence-electron chi connectivity index (χ0n) is 8.80. The number of anilines is 1. The van der Waals surface area contributed by atoms with Crippen LogP contribution in [0, 0.1) is 18.3 Å². The lowest BCUT2D eigenvalue weighted by Crippen LogP contribution is -2.01. The highest BCUT2D eigenvalue weighted by Crippen LogP contribution is 2.14. The van der Waals surface area contributed by atoms with Gasteiger partial charge in [-0.15, -0.1) is 0 Å². The van der Waals surface area contributed by atoms with Gasteiger partial charge in [0.2, 0.25) is 0 Å². The molecule has 0 aliphatic heterocycles. The molecular formula is C12H16N2. The molecule has 0 bridgehead atoms. The summed E-state index contributed by atoms with van der Waals surface area (Å²) in [6.45, 7) is 5.14. The second-order valence-corrected chi connectivity index (χ2v) is 3.42. The largest absolute Gasteiger partial charge is 0.385 e. The first-order valence-electron chi connectivity index (χ1n) is 5.02. The first-order chi connectivity index (χ1) is 6.77. The molecule has 1 rings (SSSR count). The van der Waals surface area contributed by atoms with E-state index >= 15 is 0 Å². The Morgan fingerprint density at radius 1 is 1.43 bits per heavy atom. The molecule has 0 fully saturated rings. The third kappa shape index (κ3) is 2.77. The van der Waals surface area contributed by atoms with Gasteiger partial charge in [-0.2, -0.15) is 5.26 Å². The maximum atomic E-state index is 8.75. The number of nitrogens with one attached hydrogen (secondary N) is 1. The molecule has 0 saturated heterocycles. The molecule has 1 aromatic rings. The molecule has 0 radical (unpaired) electrons. The summed E-state index contributed by atoms with van der Waals surface area (Å²) in [7, 11) is 0. The predicted molar refractivity (Wildman–Crippen MR) is 59.3 cm³/mol. The van der Waals surface area contributed by atoms with Crippen LogP contribution in [0.15, 0.2) is 18.2 Å². The second kappa shape index (κ2) is 5.29. The lowest BCUT2D eigenvalue weighted by Gasteiger charge is -2.06. The summed E-state index contributed by atoms with van der Waals surface area (Å²) < 4.78 is 0. The molecule has 0 saturated carbocycles. The number of benzene rings is 1. The zero-order valence-corrected chi connectivity index (χ0v) is 8.80. The van der Waals surface area contributed by atoms with Crippen LogP contribution in [0.5, 0.6) is 0 Å². The summed E-state index contributed by atoms with van der Waals surface area (Å²) in [5, 5.41) is 12.1. The van der Waals surface area contributed by atoms with E-state index in [9.17, 15) is 0 Å².